The third-order valence-electron chi connectivity index (χ3n) is 5.46. The van der Waals surface area contributed by atoms with E-state index in [4.69, 9.17) is 15.2 Å². The molecule has 9 heteroatoms. The molecule has 0 aromatic heterocycles. The number of carboxylic acids is 1. The number of likely N-dealkylation sites (N-methyl/N-ethyl adjacent to an activating group) is 1. The van der Waals surface area contributed by atoms with Gasteiger partial charge in [0.05, 0.1) is 13.2 Å². The first-order valence-corrected chi connectivity index (χ1v) is 14.7. The Bertz CT molecular complexity index is 1040. The molecule has 1 aliphatic rings. The molecule has 7 nitrogen and oxygen atoms in total. The van der Waals surface area contributed by atoms with Gasteiger partial charge in [-0.25, -0.2) is 4.79 Å². The molecule has 0 bridgehead atoms. The van der Waals surface area contributed by atoms with Gasteiger partial charge in [-0.2, -0.15) is 0 Å². The summed E-state index contributed by atoms with van der Waals surface area (Å²) in [5.74, 6) is 1.44. The van der Waals surface area contributed by atoms with Crippen LogP contribution < -0.4 is 10.5 Å². The second kappa shape index (κ2) is 17.2. The number of thioether (sulfide) groups is 2. The predicted molar refractivity (Wildman–Crippen MR) is 163 cm³/mol. The number of allylic oxidation sites excluding steroid dienone is 4. The average Bonchev–Trinajstić information content (AvgIpc) is 3.41. The van der Waals surface area contributed by atoms with Crippen LogP contribution in [0.3, 0.4) is 0 Å². The molecular formula is C29H41N3O4S2. The van der Waals surface area contributed by atoms with Crippen molar-refractivity contribution in [1.29, 1.82) is 0 Å². The summed E-state index contributed by atoms with van der Waals surface area (Å²) in [6.45, 7) is 10.3. The monoisotopic (exact) mass is 559 g/mol. The molecule has 0 aliphatic carbocycles. The Balaban J connectivity index is 2.11. The molecule has 1 heterocycles. The summed E-state index contributed by atoms with van der Waals surface area (Å²) >= 11 is 3.18. The molecule has 0 saturated carbocycles. The zero-order valence-corrected chi connectivity index (χ0v) is 24.6. The summed E-state index contributed by atoms with van der Waals surface area (Å²) in [6, 6.07) is 7.67. The molecule has 3 N–H and O–H groups in total. The Labute approximate surface area is 235 Å². The van der Waals surface area contributed by atoms with Crippen molar-refractivity contribution in [1.82, 2.24) is 4.90 Å². The standard InChI is InChI=1S/C29H41N3O4S2/c1-21(2)17-27(38-20-24(29(33)34)18-23(19-31-3)26-7-6-16-37-26)28(30)22-8-10-25(11-9-22)36-15-14-35-13-12-32(4)5/h7-11,18-19,21H,3,6,12-17,20,30H2,1-2,4-5H3,(H,33,34)/b23-19+,24-18+,28-27-. The normalized spacial score (nSPS) is 15.1. The second-order valence-corrected chi connectivity index (χ2v) is 11.7. The summed E-state index contributed by atoms with van der Waals surface area (Å²) in [5.41, 5.74) is 9.22. The van der Waals surface area contributed by atoms with Gasteiger partial charge >= 0.3 is 5.97 Å². The highest BCUT2D eigenvalue weighted by atomic mass is 32.2. The molecule has 0 spiro atoms. The third-order valence-corrected chi connectivity index (χ3v) is 7.81. The largest absolute Gasteiger partial charge is 0.491 e. The van der Waals surface area contributed by atoms with Crippen molar-refractivity contribution in [2.75, 3.05) is 52.0 Å². The van der Waals surface area contributed by atoms with Crippen LogP contribution in [0.1, 0.15) is 32.3 Å². The lowest BCUT2D eigenvalue weighted by molar-refractivity contribution is -0.132. The number of aliphatic imine (C=N–C) groups is 1. The zero-order valence-electron chi connectivity index (χ0n) is 22.9. The van der Waals surface area contributed by atoms with Gasteiger partial charge in [0.15, 0.2) is 0 Å². The molecule has 0 radical (unpaired) electrons. The first-order chi connectivity index (χ1) is 18.2. The van der Waals surface area contributed by atoms with Crippen molar-refractivity contribution in [2.45, 2.75) is 26.7 Å². The summed E-state index contributed by atoms with van der Waals surface area (Å²) < 4.78 is 11.3. The number of rotatable bonds is 17. The van der Waals surface area contributed by atoms with E-state index in [1.807, 2.05) is 38.4 Å². The summed E-state index contributed by atoms with van der Waals surface area (Å²) in [7, 11) is 4.02. The van der Waals surface area contributed by atoms with Crippen molar-refractivity contribution >= 4 is 41.9 Å². The van der Waals surface area contributed by atoms with Crippen LogP contribution in [0.2, 0.25) is 0 Å². The van der Waals surface area contributed by atoms with Crippen LogP contribution in [0.5, 0.6) is 5.75 Å². The van der Waals surface area contributed by atoms with E-state index < -0.39 is 5.97 Å². The number of carbonyl (C=O) groups is 1. The number of ether oxygens (including phenoxy) is 2. The molecule has 0 fully saturated rings. The maximum Gasteiger partial charge on any atom is 0.332 e. The number of benzene rings is 1. The number of hydrogen-bond donors (Lipinski definition) is 2. The summed E-state index contributed by atoms with van der Waals surface area (Å²) in [6.07, 6.45) is 7.15. The van der Waals surface area contributed by atoms with E-state index in [0.29, 0.717) is 42.8 Å². The highest BCUT2D eigenvalue weighted by molar-refractivity contribution is 8.03. The van der Waals surface area contributed by atoms with E-state index >= 15 is 0 Å². The fourth-order valence-corrected chi connectivity index (χ4v) is 5.71. The molecule has 1 aliphatic heterocycles. The van der Waals surface area contributed by atoms with Gasteiger partial charge in [-0.1, -0.05) is 19.9 Å². The average molecular weight is 560 g/mol. The van der Waals surface area contributed by atoms with Crippen LogP contribution in [0, 0.1) is 5.92 Å². The molecule has 208 valence electrons. The Morgan fingerprint density at radius 1 is 1.26 bits per heavy atom. The number of aliphatic carboxylic acids is 1. The molecule has 38 heavy (non-hydrogen) atoms. The van der Waals surface area contributed by atoms with E-state index in [-0.39, 0.29) is 0 Å². The van der Waals surface area contributed by atoms with Crippen molar-refractivity contribution in [2.24, 2.45) is 16.6 Å². The summed E-state index contributed by atoms with van der Waals surface area (Å²) in [4.78, 5) is 20.1. The van der Waals surface area contributed by atoms with Crippen LogP contribution in [0.4, 0.5) is 0 Å². The zero-order chi connectivity index (χ0) is 27.9. The molecule has 1 aromatic rings. The van der Waals surface area contributed by atoms with Gasteiger partial charge in [0.2, 0.25) is 0 Å². The Morgan fingerprint density at radius 3 is 2.58 bits per heavy atom. The fraction of sp³-hybridized carbons (Fsp3) is 0.448. The Hall–Kier alpha value is -2.46. The van der Waals surface area contributed by atoms with Crippen LogP contribution >= 0.6 is 23.5 Å². The number of nitrogens with two attached hydrogens (primary N) is 1. The van der Waals surface area contributed by atoms with Gasteiger partial charge < -0.3 is 25.2 Å². The molecule has 0 atom stereocenters. The number of carboxylic acid groups (broad SMARTS) is 1. The summed E-state index contributed by atoms with van der Waals surface area (Å²) in [5, 5.41) is 9.90. The highest BCUT2D eigenvalue weighted by Gasteiger charge is 2.16. The van der Waals surface area contributed by atoms with Gasteiger partial charge in [-0.3, -0.25) is 4.99 Å². The SMILES string of the molecule is C=N/C=C(\C=C(/CS/C(CC(C)C)=C(\N)c1ccc(OCCOCCN(C)C)cc1)C(=O)O)C1=CCCS1. The first-order valence-electron chi connectivity index (χ1n) is 12.7. The van der Waals surface area contributed by atoms with E-state index in [1.165, 1.54) is 11.8 Å². The van der Waals surface area contributed by atoms with Crippen LogP contribution in [-0.2, 0) is 9.53 Å². The molecule has 1 aromatic carbocycles. The minimum atomic E-state index is -0.953. The lowest BCUT2D eigenvalue weighted by Crippen LogP contribution is -2.19. The minimum Gasteiger partial charge on any atom is -0.491 e. The van der Waals surface area contributed by atoms with E-state index in [0.717, 1.165) is 51.8 Å². The van der Waals surface area contributed by atoms with Gasteiger partial charge in [0.25, 0.3) is 0 Å². The van der Waals surface area contributed by atoms with Crippen LogP contribution in [-0.4, -0.2) is 74.7 Å². The highest BCUT2D eigenvalue weighted by Crippen LogP contribution is 2.35. The number of hydrogen-bond acceptors (Lipinski definition) is 8. The van der Waals surface area contributed by atoms with Crippen molar-refractivity contribution in [3.63, 3.8) is 0 Å². The Morgan fingerprint density at radius 2 is 2.00 bits per heavy atom. The van der Waals surface area contributed by atoms with Gasteiger partial charge in [-0.05, 0) is 75.5 Å². The lowest BCUT2D eigenvalue weighted by Gasteiger charge is -2.15. The third kappa shape index (κ3) is 11.5. The lowest BCUT2D eigenvalue weighted by atomic mass is 10.1. The quantitative estimate of drug-likeness (QED) is 0.109. The molecule has 2 rings (SSSR count). The van der Waals surface area contributed by atoms with Gasteiger partial charge in [0.1, 0.15) is 12.4 Å². The fourth-order valence-electron chi connectivity index (χ4n) is 3.48. The Kier molecular flexibility index (Phi) is 14.4. The predicted octanol–water partition coefficient (Wildman–Crippen LogP) is 5.67. The second-order valence-electron chi connectivity index (χ2n) is 9.46. The molecular weight excluding hydrogens is 518 g/mol. The van der Waals surface area contributed by atoms with Gasteiger partial charge in [0, 0.05) is 50.9 Å². The van der Waals surface area contributed by atoms with Gasteiger partial charge in [-0.15, -0.1) is 23.5 Å². The molecule has 0 saturated heterocycles. The van der Waals surface area contributed by atoms with Crippen molar-refractivity contribution in [3.8, 4) is 5.75 Å². The molecule has 0 amide bonds. The van der Waals surface area contributed by atoms with Crippen molar-refractivity contribution in [3.05, 3.63) is 69.1 Å². The van der Waals surface area contributed by atoms with Crippen molar-refractivity contribution < 1.29 is 19.4 Å². The van der Waals surface area contributed by atoms with Crippen LogP contribution in [0.15, 0.2) is 68.6 Å². The van der Waals surface area contributed by atoms with E-state index in [2.05, 4.69) is 36.5 Å². The first kappa shape index (κ1) is 31.8. The molecule has 0 unspecified atom stereocenters. The maximum absolute atomic E-state index is 12.1. The van der Waals surface area contributed by atoms with E-state index in [9.17, 15) is 9.90 Å². The number of nitrogens with zero attached hydrogens (tertiary/aromatic N) is 2. The smallest absolute Gasteiger partial charge is 0.332 e. The van der Waals surface area contributed by atoms with E-state index in [1.54, 1.807) is 24.0 Å². The minimum absolute atomic E-state index is 0.291. The topological polar surface area (TPSA) is 97.4 Å². The van der Waals surface area contributed by atoms with Crippen LogP contribution in [0.25, 0.3) is 5.70 Å². The maximum atomic E-state index is 12.1.